The number of rotatable bonds is 11. The van der Waals surface area contributed by atoms with Crippen molar-refractivity contribution in [1.29, 1.82) is 0 Å². The van der Waals surface area contributed by atoms with E-state index in [9.17, 15) is 21.6 Å². The molecule has 0 radical (unpaired) electrons. The molecule has 0 spiro atoms. The van der Waals surface area contributed by atoms with Gasteiger partial charge in [0.05, 0.1) is 9.79 Å². The Labute approximate surface area is 208 Å². The molecule has 35 heavy (non-hydrogen) atoms. The molecule has 0 bridgehead atoms. The van der Waals surface area contributed by atoms with Crippen molar-refractivity contribution in [1.82, 2.24) is 13.9 Å². The molecule has 0 saturated carbocycles. The Morgan fingerprint density at radius 2 is 1.57 bits per heavy atom. The summed E-state index contributed by atoms with van der Waals surface area (Å²) >= 11 is 0. The van der Waals surface area contributed by atoms with Crippen LogP contribution < -0.4 is 10.1 Å². The first-order chi connectivity index (χ1) is 16.6. The van der Waals surface area contributed by atoms with Gasteiger partial charge in [0.15, 0.2) is 6.61 Å². The molecule has 0 aliphatic carbocycles. The highest BCUT2D eigenvalue weighted by Gasteiger charge is 2.27. The molecule has 1 saturated heterocycles. The van der Waals surface area contributed by atoms with Gasteiger partial charge in [-0.3, -0.25) is 4.79 Å². The lowest BCUT2D eigenvalue weighted by atomic mass is 10.2. The Morgan fingerprint density at radius 3 is 2.14 bits per heavy atom. The quantitative estimate of drug-likeness (QED) is 0.484. The number of hydrogen-bond acceptors (Lipinski definition) is 6. The van der Waals surface area contributed by atoms with Crippen molar-refractivity contribution in [3.8, 4) is 5.75 Å². The van der Waals surface area contributed by atoms with E-state index in [2.05, 4.69) is 5.32 Å². The zero-order chi connectivity index (χ0) is 25.6. The molecule has 11 heteroatoms. The Balaban J connectivity index is 1.53. The van der Waals surface area contributed by atoms with Crippen molar-refractivity contribution >= 4 is 26.0 Å². The minimum Gasteiger partial charge on any atom is -0.484 e. The van der Waals surface area contributed by atoms with Crippen LogP contribution in [-0.4, -0.2) is 64.1 Å². The van der Waals surface area contributed by atoms with E-state index in [-0.39, 0.29) is 28.8 Å². The van der Waals surface area contributed by atoms with E-state index < -0.39 is 20.0 Å². The normalized spacial score (nSPS) is 14.9. The molecule has 1 fully saturated rings. The first-order valence-corrected chi connectivity index (χ1v) is 14.6. The predicted molar refractivity (Wildman–Crippen MR) is 133 cm³/mol. The monoisotopic (exact) mass is 523 g/mol. The summed E-state index contributed by atoms with van der Waals surface area (Å²) < 4.78 is 59.0. The SMILES string of the molecule is CCN(CC)S(=O)(=O)c1ccc(OCC(=O)NCc2ccc(S(=O)(=O)N3CCCC3)cc2)c(C)c1. The second kappa shape index (κ2) is 11.5. The van der Waals surface area contributed by atoms with Crippen LogP contribution in [0.25, 0.3) is 0 Å². The predicted octanol–water partition coefficient (Wildman–Crippen LogP) is 2.51. The third-order valence-corrected chi connectivity index (χ3v) is 9.92. The maximum Gasteiger partial charge on any atom is 0.258 e. The van der Waals surface area contributed by atoms with Gasteiger partial charge in [-0.15, -0.1) is 0 Å². The number of carbonyl (C=O) groups excluding carboxylic acids is 1. The smallest absolute Gasteiger partial charge is 0.258 e. The summed E-state index contributed by atoms with van der Waals surface area (Å²) in [6.45, 7) is 7.16. The van der Waals surface area contributed by atoms with Gasteiger partial charge in [0.2, 0.25) is 20.0 Å². The third kappa shape index (κ3) is 6.40. The second-order valence-electron chi connectivity index (χ2n) is 8.34. The summed E-state index contributed by atoms with van der Waals surface area (Å²) in [4.78, 5) is 12.7. The molecule has 1 aliphatic rings. The van der Waals surface area contributed by atoms with Crippen LogP contribution in [0.4, 0.5) is 0 Å². The molecule has 0 atom stereocenters. The van der Waals surface area contributed by atoms with Gasteiger partial charge in [0.1, 0.15) is 5.75 Å². The van der Waals surface area contributed by atoms with E-state index in [0.717, 1.165) is 18.4 Å². The van der Waals surface area contributed by atoms with E-state index in [1.54, 1.807) is 57.2 Å². The fourth-order valence-corrected chi connectivity index (χ4v) is 6.97. The Kier molecular flexibility index (Phi) is 8.92. The molecule has 0 unspecified atom stereocenters. The van der Waals surface area contributed by atoms with Crippen LogP contribution >= 0.6 is 0 Å². The van der Waals surface area contributed by atoms with Crippen LogP contribution in [0.3, 0.4) is 0 Å². The standard InChI is InChI=1S/C24H33N3O6S2/c1-4-26(5-2)35(31,32)22-12-13-23(19(3)16-22)33-18-24(28)25-17-20-8-10-21(11-9-20)34(29,30)27-14-6-7-15-27/h8-13,16H,4-7,14-15,17-18H2,1-3H3,(H,25,28). The molecule has 2 aromatic rings. The summed E-state index contributed by atoms with van der Waals surface area (Å²) in [5.74, 6) is 0.0770. The average molecular weight is 524 g/mol. The van der Waals surface area contributed by atoms with Crippen molar-refractivity contribution in [3.05, 3.63) is 53.6 Å². The molecule has 0 aromatic heterocycles. The topological polar surface area (TPSA) is 113 Å². The van der Waals surface area contributed by atoms with Gasteiger partial charge in [0.25, 0.3) is 5.91 Å². The van der Waals surface area contributed by atoms with Gasteiger partial charge in [0, 0.05) is 32.7 Å². The van der Waals surface area contributed by atoms with Crippen LogP contribution in [0.15, 0.2) is 52.3 Å². The highest BCUT2D eigenvalue weighted by Crippen LogP contribution is 2.24. The number of hydrogen-bond donors (Lipinski definition) is 1. The van der Waals surface area contributed by atoms with Gasteiger partial charge in [-0.25, -0.2) is 16.8 Å². The Bertz CT molecular complexity index is 1230. The molecule has 9 nitrogen and oxygen atoms in total. The maximum atomic E-state index is 12.7. The summed E-state index contributed by atoms with van der Waals surface area (Å²) in [7, 11) is -7.04. The highest BCUT2D eigenvalue weighted by molar-refractivity contribution is 7.89. The van der Waals surface area contributed by atoms with E-state index in [1.165, 1.54) is 14.7 Å². The molecule has 3 rings (SSSR count). The molecule has 2 aromatic carbocycles. The number of nitrogens with zero attached hydrogens (tertiary/aromatic N) is 2. The number of ether oxygens (including phenoxy) is 1. The Morgan fingerprint density at radius 1 is 0.971 bits per heavy atom. The van der Waals surface area contributed by atoms with Gasteiger partial charge in [-0.05, 0) is 61.2 Å². The molecular formula is C24H33N3O6S2. The second-order valence-corrected chi connectivity index (χ2v) is 12.2. The fourth-order valence-electron chi connectivity index (χ4n) is 3.91. The number of benzene rings is 2. The zero-order valence-corrected chi connectivity index (χ0v) is 22.0. The van der Waals surface area contributed by atoms with Gasteiger partial charge in [-0.2, -0.15) is 8.61 Å². The van der Waals surface area contributed by atoms with E-state index >= 15 is 0 Å². The van der Waals surface area contributed by atoms with Crippen molar-refractivity contribution in [2.24, 2.45) is 0 Å². The molecule has 1 heterocycles. The number of sulfonamides is 2. The van der Waals surface area contributed by atoms with Crippen molar-refractivity contribution < 1.29 is 26.4 Å². The number of aryl methyl sites for hydroxylation is 1. The summed E-state index contributed by atoms with van der Waals surface area (Å²) in [5, 5.41) is 2.74. The minimum atomic E-state index is -3.57. The summed E-state index contributed by atoms with van der Waals surface area (Å²) in [6, 6.07) is 11.1. The van der Waals surface area contributed by atoms with Crippen molar-refractivity contribution in [3.63, 3.8) is 0 Å². The summed E-state index contributed by atoms with van der Waals surface area (Å²) in [6.07, 6.45) is 1.76. The zero-order valence-electron chi connectivity index (χ0n) is 20.4. The van der Waals surface area contributed by atoms with Crippen LogP contribution in [0.2, 0.25) is 0 Å². The van der Waals surface area contributed by atoms with Crippen LogP contribution in [0, 0.1) is 6.92 Å². The van der Waals surface area contributed by atoms with Crippen molar-refractivity contribution in [2.45, 2.75) is 49.9 Å². The number of nitrogens with one attached hydrogen (secondary N) is 1. The molecular weight excluding hydrogens is 490 g/mol. The maximum absolute atomic E-state index is 12.7. The first kappa shape index (κ1) is 27.1. The van der Waals surface area contributed by atoms with E-state index in [1.807, 2.05) is 0 Å². The number of amides is 1. The van der Waals surface area contributed by atoms with Gasteiger partial charge in [-0.1, -0.05) is 26.0 Å². The van der Waals surface area contributed by atoms with Crippen molar-refractivity contribution in [2.75, 3.05) is 32.8 Å². The van der Waals surface area contributed by atoms with Gasteiger partial charge < -0.3 is 10.1 Å². The van der Waals surface area contributed by atoms with E-state index in [4.69, 9.17) is 4.74 Å². The van der Waals surface area contributed by atoms with Gasteiger partial charge >= 0.3 is 0 Å². The molecule has 1 N–H and O–H groups in total. The lowest BCUT2D eigenvalue weighted by molar-refractivity contribution is -0.123. The molecule has 1 amide bonds. The lowest BCUT2D eigenvalue weighted by Gasteiger charge is -2.19. The molecule has 192 valence electrons. The van der Waals surface area contributed by atoms with Crippen LogP contribution in [-0.2, 0) is 31.4 Å². The summed E-state index contributed by atoms with van der Waals surface area (Å²) in [5.41, 5.74) is 1.38. The average Bonchev–Trinajstić information content (AvgIpc) is 3.39. The minimum absolute atomic E-state index is 0.186. The first-order valence-electron chi connectivity index (χ1n) is 11.7. The Hall–Kier alpha value is -2.47. The van der Waals surface area contributed by atoms with E-state index in [0.29, 0.717) is 37.5 Å². The highest BCUT2D eigenvalue weighted by atomic mass is 32.2. The molecule has 1 aliphatic heterocycles. The number of carbonyl (C=O) groups is 1. The largest absolute Gasteiger partial charge is 0.484 e. The lowest BCUT2D eigenvalue weighted by Crippen LogP contribution is -2.30. The van der Waals surface area contributed by atoms with Crippen LogP contribution in [0.5, 0.6) is 5.75 Å². The van der Waals surface area contributed by atoms with Crippen LogP contribution in [0.1, 0.15) is 37.8 Å². The fraction of sp³-hybridized carbons (Fsp3) is 0.458. The third-order valence-electron chi connectivity index (χ3n) is 5.96.